The van der Waals surface area contributed by atoms with Gasteiger partial charge in [0.15, 0.2) is 11.9 Å². The van der Waals surface area contributed by atoms with Gasteiger partial charge in [-0.05, 0) is 35.9 Å². The van der Waals surface area contributed by atoms with Crippen molar-refractivity contribution < 1.29 is 9.13 Å². The lowest BCUT2D eigenvalue weighted by Gasteiger charge is -2.18. The first-order chi connectivity index (χ1) is 11.6. The van der Waals surface area contributed by atoms with Crippen LogP contribution in [0.15, 0.2) is 48.5 Å². The Labute approximate surface area is 151 Å². The van der Waals surface area contributed by atoms with Gasteiger partial charge in [-0.25, -0.2) is 4.39 Å². The van der Waals surface area contributed by atoms with Crippen molar-refractivity contribution in [3.05, 3.63) is 65.7 Å². The molecule has 1 unspecified atom stereocenters. The molecule has 0 N–H and O–H groups in total. The summed E-state index contributed by atoms with van der Waals surface area (Å²) >= 11 is 0. The minimum atomic E-state index is -0.261. The van der Waals surface area contributed by atoms with E-state index in [1.54, 1.807) is 12.1 Å². The molecule has 2 heterocycles. The molecule has 2 aromatic carbocycles. The van der Waals surface area contributed by atoms with Gasteiger partial charge >= 0.3 is 0 Å². The maximum atomic E-state index is 13.1. The summed E-state index contributed by atoms with van der Waals surface area (Å²) in [5.74, 6) is 2.09. The van der Waals surface area contributed by atoms with Crippen molar-refractivity contribution in [2.24, 2.45) is 7.05 Å². The monoisotopic (exact) mass is 360 g/mol. The molecule has 0 fully saturated rings. The molecule has 1 atom stereocenters. The van der Waals surface area contributed by atoms with Crippen LogP contribution in [0, 0.1) is 5.82 Å². The van der Waals surface area contributed by atoms with E-state index in [9.17, 15) is 4.39 Å². The van der Waals surface area contributed by atoms with Gasteiger partial charge in [0.05, 0.1) is 0 Å². The van der Waals surface area contributed by atoms with Crippen LogP contribution >= 0.6 is 12.4 Å². The summed E-state index contributed by atoms with van der Waals surface area (Å²) in [4.78, 5) is 1.87. The van der Waals surface area contributed by atoms with Crippen molar-refractivity contribution in [3.63, 3.8) is 0 Å². The van der Waals surface area contributed by atoms with Crippen LogP contribution in [0.3, 0.4) is 0 Å². The van der Waals surface area contributed by atoms with E-state index in [4.69, 9.17) is 4.74 Å². The van der Waals surface area contributed by atoms with E-state index in [0.29, 0.717) is 5.95 Å². The number of anilines is 2. The zero-order valence-corrected chi connectivity index (χ0v) is 14.7. The summed E-state index contributed by atoms with van der Waals surface area (Å²) in [6, 6.07) is 14.3. The van der Waals surface area contributed by atoms with E-state index in [1.807, 2.05) is 41.8 Å². The topological polar surface area (TPSA) is 43.2 Å². The van der Waals surface area contributed by atoms with E-state index < -0.39 is 0 Å². The number of halogens is 2. The highest BCUT2D eigenvalue weighted by molar-refractivity contribution is 5.85. The van der Waals surface area contributed by atoms with Crippen LogP contribution in [-0.4, -0.2) is 21.8 Å². The number of rotatable bonds is 3. The highest BCUT2D eigenvalue weighted by Crippen LogP contribution is 2.36. The minimum Gasteiger partial charge on any atom is -0.482 e. The average Bonchev–Trinajstić information content (AvgIpc) is 3.18. The first-order valence-corrected chi connectivity index (χ1v) is 7.76. The molecule has 4 rings (SSSR count). The number of nitrogens with zero attached hydrogens (tertiary/aromatic N) is 4. The highest BCUT2D eigenvalue weighted by Gasteiger charge is 2.29. The first kappa shape index (κ1) is 17.2. The van der Waals surface area contributed by atoms with Crippen LogP contribution < -0.4 is 9.64 Å². The molecule has 7 heteroatoms. The van der Waals surface area contributed by atoms with Crippen molar-refractivity contribution in [2.75, 3.05) is 11.9 Å². The van der Waals surface area contributed by atoms with E-state index in [0.717, 1.165) is 23.7 Å². The summed E-state index contributed by atoms with van der Waals surface area (Å²) in [6.07, 6.45) is 0.637. The minimum absolute atomic E-state index is 0. The second-order valence-electron chi connectivity index (χ2n) is 5.87. The summed E-state index contributed by atoms with van der Waals surface area (Å²) < 4.78 is 21.0. The Morgan fingerprint density at radius 2 is 1.84 bits per heavy atom. The lowest BCUT2D eigenvalue weighted by molar-refractivity contribution is 0.223. The maximum absolute atomic E-state index is 13.1. The zero-order valence-electron chi connectivity index (χ0n) is 13.9. The first-order valence-electron chi connectivity index (χ1n) is 7.76. The molecule has 1 aliphatic heterocycles. The van der Waals surface area contributed by atoms with E-state index in [1.165, 1.54) is 17.7 Å². The van der Waals surface area contributed by atoms with Crippen LogP contribution in [0.2, 0.25) is 0 Å². The molecule has 5 nitrogen and oxygen atoms in total. The second kappa shape index (κ2) is 6.72. The van der Waals surface area contributed by atoms with Gasteiger partial charge in [-0.2, -0.15) is 0 Å². The Kier molecular flexibility index (Phi) is 4.63. The van der Waals surface area contributed by atoms with Gasteiger partial charge in [0.1, 0.15) is 11.6 Å². The molecule has 25 heavy (non-hydrogen) atoms. The number of hydrogen-bond donors (Lipinski definition) is 0. The van der Waals surface area contributed by atoms with Gasteiger partial charge in [-0.1, -0.05) is 18.2 Å². The maximum Gasteiger partial charge on any atom is 0.231 e. The standard InChI is InChI=1S/C18H17FN4O.ClH/c1-22(14-9-7-13(19)8-10-14)18-21-20-17(23(18)2)16-11-12-5-3-4-6-15(12)24-16;/h3-10,16H,11H2,1-2H3;1H. The Morgan fingerprint density at radius 1 is 1.12 bits per heavy atom. The second-order valence-corrected chi connectivity index (χ2v) is 5.87. The third kappa shape index (κ3) is 3.05. The normalized spacial score (nSPS) is 15.2. The average molecular weight is 361 g/mol. The molecule has 130 valence electrons. The van der Waals surface area contributed by atoms with Crippen LogP contribution in [-0.2, 0) is 13.5 Å². The van der Waals surface area contributed by atoms with Gasteiger partial charge in [-0.15, -0.1) is 22.6 Å². The Bertz CT molecular complexity index is 856. The Balaban J connectivity index is 0.00000182. The third-order valence-corrected chi connectivity index (χ3v) is 4.33. The molecule has 0 radical (unpaired) electrons. The summed E-state index contributed by atoms with van der Waals surface area (Å²) in [5, 5.41) is 8.60. The summed E-state index contributed by atoms with van der Waals surface area (Å²) in [6.45, 7) is 0. The molecule has 0 aliphatic carbocycles. The van der Waals surface area contributed by atoms with Crippen LogP contribution in [0.25, 0.3) is 0 Å². The van der Waals surface area contributed by atoms with Crippen LogP contribution in [0.4, 0.5) is 16.0 Å². The summed E-state index contributed by atoms with van der Waals surface area (Å²) in [7, 11) is 3.79. The zero-order chi connectivity index (χ0) is 16.7. The predicted octanol–water partition coefficient (Wildman–Crippen LogP) is 3.82. The number of aromatic nitrogens is 3. The number of para-hydroxylation sites is 1. The lowest BCUT2D eigenvalue weighted by Crippen LogP contribution is -2.16. The van der Waals surface area contributed by atoms with Crippen molar-refractivity contribution in [1.82, 2.24) is 14.8 Å². The molecule has 1 aliphatic rings. The number of hydrogen-bond acceptors (Lipinski definition) is 4. The van der Waals surface area contributed by atoms with Crippen molar-refractivity contribution >= 4 is 24.0 Å². The molecule has 0 amide bonds. The van der Waals surface area contributed by atoms with Gasteiger partial charge in [-0.3, -0.25) is 4.57 Å². The van der Waals surface area contributed by atoms with Gasteiger partial charge in [0.25, 0.3) is 0 Å². The van der Waals surface area contributed by atoms with E-state index in [2.05, 4.69) is 16.3 Å². The molecule has 0 bridgehead atoms. The molecule has 0 saturated heterocycles. The van der Waals surface area contributed by atoms with Crippen LogP contribution in [0.5, 0.6) is 5.75 Å². The van der Waals surface area contributed by atoms with Gasteiger partial charge < -0.3 is 9.64 Å². The Hall–Kier alpha value is -2.60. The molecule has 3 aromatic rings. The quantitative estimate of drug-likeness (QED) is 0.712. The van der Waals surface area contributed by atoms with E-state index in [-0.39, 0.29) is 24.3 Å². The molecule has 1 aromatic heterocycles. The van der Waals surface area contributed by atoms with E-state index >= 15 is 0 Å². The fourth-order valence-electron chi connectivity index (χ4n) is 3.01. The fraction of sp³-hybridized carbons (Fsp3) is 0.222. The van der Waals surface area contributed by atoms with Gasteiger partial charge in [0, 0.05) is 26.2 Å². The number of ether oxygens (including phenoxy) is 1. The molecule has 0 saturated carbocycles. The smallest absolute Gasteiger partial charge is 0.231 e. The highest BCUT2D eigenvalue weighted by atomic mass is 35.5. The molecular formula is C18H18ClFN4O. The fourth-order valence-corrected chi connectivity index (χ4v) is 3.01. The molecule has 0 spiro atoms. The molecular weight excluding hydrogens is 343 g/mol. The number of fused-ring (bicyclic) bond motifs is 1. The lowest BCUT2D eigenvalue weighted by atomic mass is 10.1. The van der Waals surface area contributed by atoms with Crippen molar-refractivity contribution in [2.45, 2.75) is 12.5 Å². The van der Waals surface area contributed by atoms with Crippen molar-refractivity contribution in [3.8, 4) is 5.75 Å². The van der Waals surface area contributed by atoms with Crippen molar-refractivity contribution in [1.29, 1.82) is 0 Å². The third-order valence-electron chi connectivity index (χ3n) is 4.33. The predicted molar refractivity (Wildman–Crippen MR) is 96.2 cm³/mol. The number of benzene rings is 2. The SMILES string of the molecule is CN(c1ccc(F)cc1)c1nnc(C2Cc3ccccc3O2)n1C.Cl. The Morgan fingerprint density at radius 3 is 2.56 bits per heavy atom. The largest absolute Gasteiger partial charge is 0.482 e. The van der Waals surface area contributed by atoms with Gasteiger partial charge in [0.2, 0.25) is 5.95 Å². The summed E-state index contributed by atoms with van der Waals surface area (Å²) in [5.41, 5.74) is 2.02. The van der Waals surface area contributed by atoms with Crippen LogP contribution in [0.1, 0.15) is 17.5 Å².